The van der Waals surface area contributed by atoms with Crippen LogP contribution in [-0.4, -0.2) is 121 Å². The van der Waals surface area contributed by atoms with Crippen molar-refractivity contribution in [1.82, 2.24) is 31.9 Å². The molecule has 1 aromatic carbocycles. The topological polar surface area (TPSA) is 396 Å². The van der Waals surface area contributed by atoms with Gasteiger partial charge in [0.05, 0.1) is 6.42 Å². The normalized spacial score (nSPS) is 14.2. The third-order valence-corrected chi connectivity index (χ3v) is 7.84. The van der Waals surface area contributed by atoms with E-state index in [1.54, 1.807) is 0 Å². The van der Waals surface area contributed by atoms with Crippen molar-refractivity contribution < 1.29 is 82.1 Å². The summed E-state index contributed by atoms with van der Waals surface area (Å²) in [6.07, 6.45) is -3.62. The minimum Gasteiger partial charge on any atom is -0.481 e. The van der Waals surface area contributed by atoms with E-state index in [1.165, 1.54) is 19.1 Å². The van der Waals surface area contributed by atoms with E-state index >= 15 is 0 Å². The molecule has 25 heteroatoms. The molecule has 0 aliphatic rings. The largest absolute Gasteiger partial charge is 0.524 e. The molecular weight excluding hydrogens is 774 g/mol. The third-order valence-electron chi connectivity index (χ3n) is 7.39. The molecule has 310 valence electrons. The molecular formula is C31H44N7O17P. The van der Waals surface area contributed by atoms with Gasteiger partial charge in [0.15, 0.2) is 0 Å². The number of nitrogens with one attached hydrogen (secondary N) is 6. The van der Waals surface area contributed by atoms with Crippen molar-refractivity contribution in [3.63, 3.8) is 0 Å². The second-order valence-electron chi connectivity index (χ2n) is 12.2. The van der Waals surface area contributed by atoms with Gasteiger partial charge in [-0.15, -0.1) is 0 Å². The number of carbonyl (C=O) groups excluding carboxylic acids is 7. The maximum Gasteiger partial charge on any atom is 0.524 e. The number of phosphoric ester groups is 1. The molecule has 0 radical (unpaired) electrons. The Morgan fingerprint density at radius 2 is 1.05 bits per heavy atom. The average Bonchev–Trinajstić information content (AvgIpc) is 3.06. The van der Waals surface area contributed by atoms with Crippen LogP contribution in [0.4, 0.5) is 0 Å². The van der Waals surface area contributed by atoms with E-state index in [-0.39, 0.29) is 17.7 Å². The summed E-state index contributed by atoms with van der Waals surface area (Å²) in [7, 11) is -4.91. The number of carboxylic acid groups (broad SMARTS) is 3. The van der Waals surface area contributed by atoms with Crippen molar-refractivity contribution >= 4 is 67.1 Å². The molecule has 56 heavy (non-hydrogen) atoms. The molecule has 0 spiro atoms. The summed E-state index contributed by atoms with van der Waals surface area (Å²) in [6, 6.07) is -4.50. The fourth-order valence-corrected chi connectivity index (χ4v) is 4.97. The predicted octanol–water partition coefficient (Wildman–Crippen LogP) is -3.64. The Bertz CT molecular complexity index is 1700. The van der Waals surface area contributed by atoms with Crippen LogP contribution in [0.15, 0.2) is 24.3 Å². The van der Waals surface area contributed by atoms with E-state index in [0.717, 1.165) is 26.0 Å². The Balaban J connectivity index is 3.26. The van der Waals surface area contributed by atoms with Crippen LogP contribution in [0.5, 0.6) is 5.75 Å². The summed E-state index contributed by atoms with van der Waals surface area (Å²) in [6.45, 7) is 3.36. The zero-order valence-corrected chi connectivity index (χ0v) is 31.1. The highest BCUT2D eigenvalue weighted by Crippen LogP contribution is 2.37. The van der Waals surface area contributed by atoms with Crippen LogP contribution < -0.4 is 42.2 Å². The van der Waals surface area contributed by atoms with E-state index in [2.05, 4.69) is 36.4 Å². The minimum absolute atomic E-state index is 0.242. The molecule has 7 amide bonds. The summed E-state index contributed by atoms with van der Waals surface area (Å²) in [5.41, 5.74) is 5.50. The van der Waals surface area contributed by atoms with Crippen molar-refractivity contribution in [2.24, 2.45) is 5.73 Å². The van der Waals surface area contributed by atoms with Gasteiger partial charge in [-0.2, -0.15) is 0 Å². The zero-order valence-electron chi connectivity index (χ0n) is 30.2. The molecule has 0 aromatic heterocycles. The first-order valence-corrected chi connectivity index (χ1v) is 18.0. The molecule has 13 N–H and O–H groups in total. The van der Waals surface area contributed by atoms with Crippen LogP contribution >= 0.6 is 7.82 Å². The van der Waals surface area contributed by atoms with E-state index in [4.69, 9.17) is 20.6 Å². The van der Waals surface area contributed by atoms with Gasteiger partial charge in [-0.05, 0) is 44.4 Å². The maximum atomic E-state index is 13.5. The van der Waals surface area contributed by atoms with E-state index in [9.17, 15) is 62.7 Å². The third kappa shape index (κ3) is 18.8. The molecule has 0 unspecified atom stereocenters. The predicted molar refractivity (Wildman–Crippen MR) is 187 cm³/mol. The van der Waals surface area contributed by atoms with E-state index in [1.807, 2.05) is 0 Å². The number of aliphatic carboxylic acids is 3. The fourth-order valence-electron chi connectivity index (χ4n) is 4.58. The number of nitrogens with two attached hydrogens (primary N) is 1. The lowest BCUT2D eigenvalue weighted by Crippen LogP contribution is -2.59. The molecule has 0 aliphatic carbocycles. The average molecular weight is 819 g/mol. The van der Waals surface area contributed by atoms with E-state index < -0.39 is 135 Å². The molecule has 6 atom stereocenters. The molecule has 0 heterocycles. The summed E-state index contributed by atoms with van der Waals surface area (Å²) >= 11 is 0. The maximum absolute atomic E-state index is 13.5. The molecule has 0 bridgehead atoms. The molecule has 0 aliphatic heterocycles. The molecule has 0 fully saturated rings. The van der Waals surface area contributed by atoms with Gasteiger partial charge < -0.3 is 57.5 Å². The van der Waals surface area contributed by atoms with E-state index in [0.29, 0.717) is 0 Å². The number of rotatable bonds is 24. The number of carbonyl (C=O) groups is 10. The molecule has 1 aromatic rings. The molecule has 0 saturated carbocycles. The van der Waals surface area contributed by atoms with Crippen LogP contribution in [0.2, 0.25) is 0 Å². The molecule has 0 saturated heterocycles. The van der Waals surface area contributed by atoms with Gasteiger partial charge in [0.25, 0.3) is 0 Å². The highest BCUT2D eigenvalue weighted by atomic mass is 32.2. The number of hydrogen-bond donors (Lipinski definition) is 12. The highest BCUT2D eigenvalue weighted by molar-refractivity contribution is 7.46. The van der Waals surface area contributed by atoms with Crippen molar-refractivity contribution in [2.45, 2.75) is 95.5 Å². The first kappa shape index (κ1) is 47.9. The summed E-state index contributed by atoms with van der Waals surface area (Å²) in [5, 5.41) is 40.8. The number of hydrogen-bond acceptors (Lipinski definition) is 12. The van der Waals surface area contributed by atoms with Crippen molar-refractivity contribution in [2.75, 3.05) is 0 Å². The summed E-state index contributed by atoms with van der Waals surface area (Å²) in [4.78, 5) is 141. The molecule has 1 rings (SSSR count). The highest BCUT2D eigenvalue weighted by Gasteiger charge is 2.33. The van der Waals surface area contributed by atoms with Crippen LogP contribution in [0.1, 0.15) is 58.4 Å². The summed E-state index contributed by atoms with van der Waals surface area (Å²) < 4.78 is 15.6. The van der Waals surface area contributed by atoms with Crippen LogP contribution in [0, 0.1) is 0 Å². The Hall–Kier alpha value is -6.13. The Morgan fingerprint density at radius 1 is 0.625 bits per heavy atom. The summed E-state index contributed by atoms with van der Waals surface area (Å²) in [5.74, 6) is -11.8. The zero-order chi connectivity index (χ0) is 42.9. The van der Waals surface area contributed by atoms with Gasteiger partial charge >= 0.3 is 25.7 Å². The first-order chi connectivity index (χ1) is 25.9. The Labute approximate surface area is 317 Å². The van der Waals surface area contributed by atoms with Crippen LogP contribution in [0.3, 0.4) is 0 Å². The SMILES string of the molecule is CC(=O)N[C@@H](CCC(=O)O)C(=O)N[C@@H](CC(=O)O)C(=O)N[C@@H](C)C(=O)N[C@@H](CCC(=O)O)C(=O)N[C@@H](Cc1ccc(O[32P](=O)(O)O)cc1)C(=O)N[C@@H](C)C(N)=O. The number of benzene rings is 1. The standard InChI is InChI=1S/C31H44N7O17P/c1-14(26(32)46)33-30(50)21(12-17-4-6-18(7-5-17)55-56(52,53)54)37-29(49)20(9-11-24(42)43)36-27(47)15(2)34-31(51)22(13-25(44)45)38-28(48)19(35-16(3)39)8-10-23(40)41/h4-7,14-15,19-22H,8-13H2,1-3H3,(H2,32,46)(H,33,50)(H,34,51)(H,35,39)(H,36,47)(H,37,49)(H,38,48)(H,40,41)(H,42,43)(H,44,45)(H2,52,53,54)/t14-,15-,19-,20-,21-,22-/m0/s1/i56+1. The number of phosphoric acid groups is 1. The van der Waals surface area contributed by atoms with Crippen molar-refractivity contribution in [3.05, 3.63) is 29.8 Å². The van der Waals surface area contributed by atoms with Gasteiger partial charge in [-0.1, -0.05) is 12.1 Å². The second kappa shape index (κ2) is 22.3. The van der Waals surface area contributed by atoms with Gasteiger partial charge in [-0.25, -0.2) is 4.57 Å². The van der Waals surface area contributed by atoms with Crippen LogP contribution in [0.25, 0.3) is 0 Å². The quantitative estimate of drug-likeness (QED) is 0.0448. The van der Waals surface area contributed by atoms with Crippen molar-refractivity contribution in [1.29, 1.82) is 0 Å². The number of carboxylic acids is 3. The molecule has 24 nitrogen and oxygen atoms in total. The van der Waals surface area contributed by atoms with Gasteiger partial charge in [0.1, 0.15) is 42.0 Å². The Morgan fingerprint density at radius 3 is 1.50 bits per heavy atom. The minimum atomic E-state index is -4.91. The number of primary amides is 1. The lowest BCUT2D eigenvalue weighted by Gasteiger charge is -2.26. The smallest absolute Gasteiger partial charge is 0.481 e. The van der Waals surface area contributed by atoms with Gasteiger partial charge in [-0.3, -0.25) is 57.7 Å². The lowest BCUT2D eigenvalue weighted by molar-refractivity contribution is -0.142. The van der Waals surface area contributed by atoms with Crippen LogP contribution in [-0.2, 0) is 58.9 Å². The van der Waals surface area contributed by atoms with Gasteiger partial charge in [0.2, 0.25) is 41.4 Å². The number of amides is 7. The van der Waals surface area contributed by atoms with Crippen molar-refractivity contribution in [3.8, 4) is 5.75 Å². The van der Waals surface area contributed by atoms with Gasteiger partial charge in [0, 0.05) is 26.2 Å². The first-order valence-electron chi connectivity index (χ1n) is 16.5. The Kier molecular flexibility index (Phi) is 19.1. The monoisotopic (exact) mass is 818 g/mol. The lowest BCUT2D eigenvalue weighted by atomic mass is 10.0. The second-order valence-corrected chi connectivity index (χ2v) is 13.4. The fraction of sp³-hybridized carbons (Fsp3) is 0.484.